The van der Waals surface area contributed by atoms with Crippen LogP contribution in [0.15, 0.2) is 30.5 Å². The molecule has 0 unspecified atom stereocenters. The molecule has 0 fully saturated rings. The average Bonchev–Trinajstić information content (AvgIpc) is 2.93. The highest BCUT2D eigenvalue weighted by Gasteiger charge is 2.16. The monoisotopic (exact) mass is 334 g/mol. The van der Waals surface area contributed by atoms with Crippen LogP contribution >= 0.6 is 11.3 Å². The van der Waals surface area contributed by atoms with Crippen LogP contribution in [0.5, 0.6) is 5.75 Å². The highest BCUT2D eigenvalue weighted by Crippen LogP contribution is 2.26. The lowest BCUT2D eigenvalue weighted by molar-refractivity contribution is 0.0524. The van der Waals surface area contributed by atoms with Crippen molar-refractivity contribution in [1.29, 1.82) is 0 Å². The predicted octanol–water partition coefficient (Wildman–Crippen LogP) is 4.23. The van der Waals surface area contributed by atoms with Crippen molar-refractivity contribution in [2.45, 2.75) is 39.8 Å². The molecule has 6 heteroatoms. The van der Waals surface area contributed by atoms with E-state index in [0.29, 0.717) is 13.2 Å². The number of hydrogen-bond acceptors (Lipinski definition) is 5. The highest BCUT2D eigenvalue weighted by atomic mass is 32.1. The van der Waals surface area contributed by atoms with E-state index in [2.05, 4.69) is 10.3 Å². The van der Waals surface area contributed by atoms with Crippen molar-refractivity contribution in [3.63, 3.8) is 0 Å². The molecule has 5 nitrogen and oxygen atoms in total. The molecule has 0 aliphatic rings. The molecule has 0 aliphatic carbocycles. The molecular formula is C17H22N2O3S. The number of carbonyl (C=O) groups is 1. The number of rotatable bonds is 5. The van der Waals surface area contributed by atoms with Crippen molar-refractivity contribution in [1.82, 2.24) is 10.3 Å². The minimum Gasteiger partial charge on any atom is -0.494 e. The van der Waals surface area contributed by atoms with Crippen molar-refractivity contribution in [2.24, 2.45) is 0 Å². The SMILES string of the molecule is CCOc1ccc(-c2ncc(CNC(=O)OC(C)(C)C)s2)cc1. The number of aromatic nitrogens is 1. The number of alkyl carbamates (subject to hydrolysis) is 1. The minimum absolute atomic E-state index is 0.406. The Labute approximate surface area is 140 Å². The van der Waals surface area contributed by atoms with Crippen molar-refractivity contribution in [2.75, 3.05) is 6.61 Å². The Hall–Kier alpha value is -2.08. The van der Waals surface area contributed by atoms with E-state index in [1.807, 2.05) is 52.0 Å². The summed E-state index contributed by atoms with van der Waals surface area (Å²) in [6, 6.07) is 7.82. The number of carbonyl (C=O) groups excluding carboxylic acids is 1. The van der Waals surface area contributed by atoms with E-state index < -0.39 is 11.7 Å². The zero-order valence-corrected chi connectivity index (χ0v) is 14.7. The number of ether oxygens (including phenoxy) is 2. The first-order valence-electron chi connectivity index (χ1n) is 7.52. The van der Waals surface area contributed by atoms with Gasteiger partial charge in [0, 0.05) is 16.6 Å². The van der Waals surface area contributed by atoms with Crippen LogP contribution in [0, 0.1) is 0 Å². The van der Waals surface area contributed by atoms with Crippen molar-refractivity contribution < 1.29 is 14.3 Å². The smallest absolute Gasteiger partial charge is 0.407 e. The third-order valence-corrected chi connectivity index (χ3v) is 3.82. The Kier molecular flexibility index (Phi) is 5.60. The molecule has 0 aliphatic heterocycles. The second kappa shape index (κ2) is 7.46. The summed E-state index contributed by atoms with van der Waals surface area (Å²) in [5, 5.41) is 3.65. The Balaban J connectivity index is 1.94. The topological polar surface area (TPSA) is 60.5 Å². The maximum absolute atomic E-state index is 11.6. The van der Waals surface area contributed by atoms with Gasteiger partial charge in [0.1, 0.15) is 16.4 Å². The largest absolute Gasteiger partial charge is 0.494 e. The van der Waals surface area contributed by atoms with Gasteiger partial charge in [-0.2, -0.15) is 0 Å². The summed E-state index contributed by atoms with van der Waals surface area (Å²) < 4.78 is 10.6. The lowest BCUT2D eigenvalue weighted by atomic mass is 10.2. The van der Waals surface area contributed by atoms with Gasteiger partial charge >= 0.3 is 6.09 Å². The highest BCUT2D eigenvalue weighted by molar-refractivity contribution is 7.15. The van der Waals surface area contributed by atoms with Gasteiger partial charge in [0.25, 0.3) is 0 Å². The normalized spacial score (nSPS) is 11.1. The molecule has 1 aromatic heterocycles. The predicted molar refractivity (Wildman–Crippen MR) is 91.8 cm³/mol. The van der Waals surface area contributed by atoms with E-state index in [-0.39, 0.29) is 0 Å². The maximum atomic E-state index is 11.6. The van der Waals surface area contributed by atoms with Gasteiger partial charge in [-0.25, -0.2) is 9.78 Å². The molecule has 1 aromatic carbocycles. The van der Waals surface area contributed by atoms with E-state index in [0.717, 1.165) is 21.2 Å². The second-order valence-electron chi connectivity index (χ2n) is 5.94. The zero-order valence-electron chi connectivity index (χ0n) is 13.9. The third-order valence-electron chi connectivity index (χ3n) is 2.77. The van der Waals surface area contributed by atoms with E-state index >= 15 is 0 Å². The van der Waals surface area contributed by atoms with E-state index in [9.17, 15) is 4.79 Å². The van der Waals surface area contributed by atoms with Gasteiger partial charge in [0.2, 0.25) is 0 Å². The average molecular weight is 334 g/mol. The van der Waals surface area contributed by atoms with E-state index in [1.165, 1.54) is 0 Å². The Bertz CT molecular complexity index is 645. The fourth-order valence-electron chi connectivity index (χ4n) is 1.86. The van der Waals surface area contributed by atoms with Gasteiger partial charge < -0.3 is 14.8 Å². The number of hydrogen-bond donors (Lipinski definition) is 1. The molecule has 0 bridgehead atoms. The first-order chi connectivity index (χ1) is 10.9. The van der Waals surface area contributed by atoms with Gasteiger partial charge in [0.15, 0.2) is 0 Å². The Morgan fingerprint density at radius 3 is 2.57 bits per heavy atom. The first-order valence-corrected chi connectivity index (χ1v) is 8.34. The van der Waals surface area contributed by atoms with Crippen LogP contribution < -0.4 is 10.1 Å². The third kappa shape index (κ3) is 5.56. The fraction of sp³-hybridized carbons (Fsp3) is 0.412. The molecule has 124 valence electrons. The van der Waals surface area contributed by atoms with Gasteiger partial charge in [-0.3, -0.25) is 0 Å². The van der Waals surface area contributed by atoms with Crippen LogP contribution in [-0.4, -0.2) is 23.3 Å². The van der Waals surface area contributed by atoms with Crippen molar-refractivity contribution in [3.8, 4) is 16.3 Å². The molecule has 0 atom stereocenters. The zero-order chi connectivity index (χ0) is 16.9. The lowest BCUT2D eigenvalue weighted by Gasteiger charge is -2.19. The van der Waals surface area contributed by atoms with Crippen LogP contribution in [0.4, 0.5) is 4.79 Å². The lowest BCUT2D eigenvalue weighted by Crippen LogP contribution is -2.31. The van der Waals surface area contributed by atoms with Gasteiger partial charge in [-0.05, 0) is 52.0 Å². The molecule has 2 aromatic rings. The Morgan fingerprint density at radius 1 is 1.26 bits per heavy atom. The number of benzene rings is 1. The van der Waals surface area contributed by atoms with Crippen molar-refractivity contribution >= 4 is 17.4 Å². The number of amides is 1. The van der Waals surface area contributed by atoms with Gasteiger partial charge in [0.05, 0.1) is 13.2 Å². The summed E-state index contributed by atoms with van der Waals surface area (Å²) in [6.07, 6.45) is 1.35. The van der Waals surface area contributed by atoms with E-state index in [1.54, 1.807) is 17.5 Å². The second-order valence-corrected chi connectivity index (χ2v) is 7.06. The summed E-state index contributed by atoms with van der Waals surface area (Å²) in [5.41, 5.74) is 0.535. The molecular weight excluding hydrogens is 312 g/mol. The molecule has 0 saturated heterocycles. The molecule has 2 rings (SSSR count). The fourth-order valence-corrected chi connectivity index (χ4v) is 2.71. The minimum atomic E-state index is -0.495. The van der Waals surface area contributed by atoms with Crippen molar-refractivity contribution in [3.05, 3.63) is 35.3 Å². The molecule has 1 heterocycles. The summed E-state index contributed by atoms with van der Waals surface area (Å²) in [6.45, 7) is 8.52. The van der Waals surface area contributed by atoms with Crippen LogP contribution in [0.2, 0.25) is 0 Å². The molecule has 1 amide bonds. The summed E-state index contributed by atoms with van der Waals surface area (Å²) in [5.74, 6) is 0.847. The number of thiazole rings is 1. The number of nitrogens with zero attached hydrogens (tertiary/aromatic N) is 1. The Morgan fingerprint density at radius 2 is 1.96 bits per heavy atom. The van der Waals surface area contributed by atoms with Crippen LogP contribution in [0.3, 0.4) is 0 Å². The quantitative estimate of drug-likeness (QED) is 0.889. The summed E-state index contributed by atoms with van der Waals surface area (Å²) >= 11 is 1.54. The van der Waals surface area contributed by atoms with Crippen LogP contribution in [-0.2, 0) is 11.3 Å². The summed E-state index contributed by atoms with van der Waals surface area (Å²) in [4.78, 5) is 17.0. The van der Waals surface area contributed by atoms with Crippen LogP contribution in [0.25, 0.3) is 10.6 Å². The number of nitrogens with one attached hydrogen (secondary N) is 1. The molecule has 23 heavy (non-hydrogen) atoms. The molecule has 1 N–H and O–H groups in total. The van der Waals surface area contributed by atoms with Crippen LogP contribution in [0.1, 0.15) is 32.6 Å². The standard InChI is InChI=1S/C17H22N2O3S/c1-5-21-13-8-6-12(7-9-13)15-18-10-14(23-15)11-19-16(20)22-17(2,3)4/h6-10H,5,11H2,1-4H3,(H,19,20). The molecule has 0 saturated carbocycles. The summed E-state index contributed by atoms with van der Waals surface area (Å²) in [7, 11) is 0. The van der Waals surface area contributed by atoms with E-state index in [4.69, 9.17) is 9.47 Å². The van der Waals surface area contributed by atoms with Gasteiger partial charge in [-0.15, -0.1) is 11.3 Å². The maximum Gasteiger partial charge on any atom is 0.407 e. The molecule has 0 radical (unpaired) electrons. The molecule has 0 spiro atoms. The first kappa shape index (κ1) is 17.3. The van der Waals surface area contributed by atoms with Gasteiger partial charge in [-0.1, -0.05) is 0 Å².